The van der Waals surface area contributed by atoms with Gasteiger partial charge < -0.3 is 10.2 Å². The van der Waals surface area contributed by atoms with Crippen LogP contribution in [0.1, 0.15) is 11.6 Å². The van der Waals surface area contributed by atoms with Crippen LogP contribution < -0.4 is 5.32 Å². The van der Waals surface area contributed by atoms with Crippen LogP contribution in [0.25, 0.3) is 0 Å². The molecule has 0 saturated carbocycles. The summed E-state index contributed by atoms with van der Waals surface area (Å²) in [7, 11) is 0. The fraction of sp³-hybridized carbons (Fsp3) is 0.385. The molecule has 1 atom stereocenters. The van der Waals surface area contributed by atoms with Crippen molar-refractivity contribution in [3.05, 3.63) is 29.8 Å². The maximum Gasteiger partial charge on any atom is 0.239 e. The molecule has 1 unspecified atom stereocenters. The van der Waals surface area contributed by atoms with Gasteiger partial charge in [0.05, 0.1) is 6.04 Å². The Bertz CT molecular complexity index is 534. The molecule has 1 aromatic rings. The minimum Gasteiger partial charge on any atom is -0.348 e. The summed E-state index contributed by atoms with van der Waals surface area (Å²) in [6, 6.07) is 8.02. The van der Waals surface area contributed by atoms with Crippen LogP contribution in [0.3, 0.4) is 0 Å². The van der Waals surface area contributed by atoms with E-state index < -0.39 is 0 Å². The number of anilines is 1. The largest absolute Gasteiger partial charge is 0.348 e. The number of rotatable bonds is 3. The Morgan fingerprint density at radius 2 is 2.47 bits per heavy atom. The highest BCUT2D eigenvalue weighted by Gasteiger charge is 2.30. The first-order valence-electron chi connectivity index (χ1n) is 6.17. The van der Waals surface area contributed by atoms with Crippen LogP contribution in [0, 0.1) is 0 Å². The zero-order valence-corrected chi connectivity index (χ0v) is 11.9. The second-order valence-corrected chi connectivity index (χ2v) is 5.86. The number of benzene rings is 1. The average Bonchev–Trinajstić information content (AvgIpc) is 2.99. The normalized spacial score (nSPS) is 21.2. The van der Waals surface area contributed by atoms with Crippen LogP contribution in [-0.2, 0) is 4.79 Å². The van der Waals surface area contributed by atoms with Crippen molar-refractivity contribution < 1.29 is 4.79 Å². The molecule has 0 aliphatic carbocycles. The number of alkyl halides is 1. The molecule has 1 saturated heterocycles. The van der Waals surface area contributed by atoms with Gasteiger partial charge in [0.1, 0.15) is 5.88 Å². The molecule has 19 heavy (non-hydrogen) atoms. The molecule has 3 rings (SSSR count). The second-order valence-electron chi connectivity index (χ2n) is 4.53. The van der Waals surface area contributed by atoms with Crippen LogP contribution in [0.2, 0.25) is 0 Å². The molecule has 0 bridgehead atoms. The summed E-state index contributed by atoms with van der Waals surface area (Å²) in [6.45, 7) is 2.03. The molecule has 1 amide bonds. The van der Waals surface area contributed by atoms with Gasteiger partial charge in [0.25, 0.3) is 0 Å². The molecule has 1 fully saturated rings. The van der Waals surface area contributed by atoms with Crippen LogP contribution in [0.5, 0.6) is 0 Å². The summed E-state index contributed by atoms with van der Waals surface area (Å²) in [5.74, 6) is 0.922. The first-order chi connectivity index (χ1) is 9.26. The molecule has 4 nitrogen and oxygen atoms in total. The van der Waals surface area contributed by atoms with Crippen LogP contribution >= 0.6 is 23.4 Å². The fourth-order valence-electron chi connectivity index (χ4n) is 2.30. The van der Waals surface area contributed by atoms with E-state index in [4.69, 9.17) is 16.6 Å². The van der Waals surface area contributed by atoms with Crippen LogP contribution in [-0.4, -0.2) is 40.7 Å². The molecule has 6 heteroatoms. The number of nitrogens with one attached hydrogen (secondary N) is 1. The van der Waals surface area contributed by atoms with Gasteiger partial charge >= 0.3 is 0 Å². The van der Waals surface area contributed by atoms with E-state index in [1.807, 2.05) is 30.0 Å². The van der Waals surface area contributed by atoms with Crippen molar-refractivity contribution >= 4 is 40.1 Å². The summed E-state index contributed by atoms with van der Waals surface area (Å²) >= 11 is 7.31. The minimum atomic E-state index is -0.187. The monoisotopic (exact) mass is 295 g/mol. The Balaban J connectivity index is 1.77. The Morgan fingerprint density at radius 1 is 1.58 bits per heavy atom. The standard InChI is InChI=1S/C13H14ClN3OS/c14-7-12(18)15-10-3-1-2-9(6-10)11-8-17-4-5-19-13(17)16-11/h1-3,6,11H,4-5,7-8H2,(H,15,18). The number of fused-ring (bicyclic) bond motifs is 1. The van der Waals surface area contributed by atoms with E-state index in [1.54, 1.807) is 0 Å². The Labute approximate surface area is 121 Å². The van der Waals surface area contributed by atoms with E-state index in [1.165, 1.54) is 0 Å². The fourth-order valence-corrected chi connectivity index (χ4v) is 3.41. The van der Waals surface area contributed by atoms with Gasteiger partial charge in [-0.05, 0) is 17.7 Å². The molecule has 2 aliphatic rings. The maximum absolute atomic E-state index is 11.3. The van der Waals surface area contributed by atoms with Crippen molar-refractivity contribution in [2.75, 3.05) is 30.0 Å². The first kappa shape index (κ1) is 12.8. The Morgan fingerprint density at radius 3 is 3.26 bits per heavy atom. The third-order valence-electron chi connectivity index (χ3n) is 3.20. The van der Waals surface area contributed by atoms with Gasteiger partial charge in [0, 0.05) is 24.5 Å². The number of amides is 1. The smallest absolute Gasteiger partial charge is 0.239 e. The second kappa shape index (κ2) is 5.43. The minimum absolute atomic E-state index is 0.0274. The molecular formula is C13H14ClN3OS. The summed E-state index contributed by atoms with van der Waals surface area (Å²) in [6.07, 6.45) is 0. The van der Waals surface area contributed by atoms with E-state index in [-0.39, 0.29) is 17.8 Å². The number of hydrogen-bond donors (Lipinski definition) is 1. The quantitative estimate of drug-likeness (QED) is 0.871. The lowest BCUT2D eigenvalue weighted by Crippen LogP contribution is -2.21. The zero-order chi connectivity index (χ0) is 13.2. The molecule has 1 aromatic carbocycles. The number of amidine groups is 1. The summed E-state index contributed by atoms with van der Waals surface area (Å²) < 4.78 is 0. The van der Waals surface area contributed by atoms with Crippen LogP contribution in [0.15, 0.2) is 29.3 Å². The van der Waals surface area contributed by atoms with E-state index in [9.17, 15) is 4.79 Å². The van der Waals surface area contributed by atoms with Crippen molar-refractivity contribution in [1.29, 1.82) is 0 Å². The molecule has 2 aliphatic heterocycles. The van der Waals surface area contributed by atoms with Gasteiger partial charge in [-0.2, -0.15) is 0 Å². The van der Waals surface area contributed by atoms with Crippen molar-refractivity contribution in [2.24, 2.45) is 4.99 Å². The van der Waals surface area contributed by atoms with Crippen LogP contribution in [0.4, 0.5) is 5.69 Å². The van der Waals surface area contributed by atoms with Gasteiger partial charge in [-0.25, -0.2) is 0 Å². The number of halogens is 1. The molecule has 0 spiro atoms. The molecular weight excluding hydrogens is 282 g/mol. The number of hydrogen-bond acceptors (Lipinski definition) is 4. The van der Waals surface area contributed by atoms with Gasteiger partial charge in [-0.15, -0.1) is 11.6 Å². The van der Waals surface area contributed by atoms with Gasteiger partial charge in [-0.1, -0.05) is 23.9 Å². The maximum atomic E-state index is 11.3. The summed E-state index contributed by atoms with van der Waals surface area (Å²) in [4.78, 5) is 18.3. The molecule has 0 radical (unpaired) electrons. The van der Waals surface area contributed by atoms with Gasteiger partial charge in [0.15, 0.2) is 5.17 Å². The van der Waals surface area contributed by atoms with Gasteiger partial charge in [-0.3, -0.25) is 9.79 Å². The predicted molar refractivity (Wildman–Crippen MR) is 80.0 cm³/mol. The topological polar surface area (TPSA) is 44.7 Å². The lowest BCUT2D eigenvalue weighted by atomic mass is 10.1. The summed E-state index contributed by atoms with van der Waals surface area (Å²) in [5, 5.41) is 3.92. The van der Waals surface area contributed by atoms with Crippen molar-refractivity contribution in [3.8, 4) is 0 Å². The van der Waals surface area contributed by atoms with E-state index >= 15 is 0 Å². The lowest BCUT2D eigenvalue weighted by Gasteiger charge is -2.13. The van der Waals surface area contributed by atoms with E-state index in [0.717, 1.165) is 35.3 Å². The van der Waals surface area contributed by atoms with Crippen molar-refractivity contribution in [1.82, 2.24) is 4.90 Å². The Kier molecular flexibility index (Phi) is 3.66. The lowest BCUT2D eigenvalue weighted by molar-refractivity contribution is -0.113. The molecule has 0 aromatic heterocycles. The number of thioether (sulfide) groups is 1. The first-order valence-corrected chi connectivity index (χ1v) is 7.69. The average molecular weight is 296 g/mol. The predicted octanol–water partition coefficient (Wildman–Crippen LogP) is 2.32. The number of carbonyl (C=O) groups is 1. The van der Waals surface area contributed by atoms with Crippen molar-refractivity contribution in [3.63, 3.8) is 0 Å². The number of carbonyl (C=O) groups excluding carboxylic acids is 1. The summed E-state index contributed by atoms with van der Waals surface area (Å²) in [5.41, 5.74) is 1.91. The highest BCUT2D eigenvalue weighted by molar-refractivity contribution is 8.14. The molecule has 2 heterocycles. The van der Waals surface area contributed by atoms with E-state index in [0.29, 0.717) is 0 Å². The Hall–Kier alpha value is -1.20. The molecule has 100 valence electrons. The zero-order valence-electron chi connectivity index (χ0n) is 10.3. The number of aliphatic imine (C=N–C) groups is 1. The highest BCUT2D eigenvalue weighted by atomic mass is 35.5. The molecule has 1 N–H and O–H groups in total. The highest BCUT2D eigenvalue weighted by Crippen LogP contribution is 2.32. The number of nitrogens with zero attached hydrogens (tertiary/aromatic N) is 2. The SMILES string of the molecule is O=C(CCl)Nc1cccc(C2CN3CCSC3=N2)c1. The van der Waals surface area contributed by atoms with Gasteiger partial charge in [0.2, 0.25) is 5.91 Å². The third kappa shape index (κ3) is 2.72. The van der Waals surface area contributed by atoms with Crippen molar-refractivity contribution in [2.45, 2.75) is 6.04 Å². The van der Waals surface area contributed by atoms with E-state index in [2.05, 4.69) is 16.3 Å². The third-order valence-corrected chi connectivity index (χ3v) is 4.45.